The number of hydrogen-bond acceptors (Lipinski definition) is 3. The number of carbonyl (C=O) groups is 2. The van der Waals surface area contributed by atoms with E-state index < -0.39 is 11.6 Å². The van der Waals surface area contributed by atoms with E-state index in [2.05, 4.69) is 11.4 Å². The minimum atomic E-state index is -0.657. The van der Waals surface area contributed by atoms with Gasteiger partial charge in [-0.2, -0.15) is 0 Å². The molecule has 0 aliphatic heterocycles. The Kier molecular flexibility index (Phi) is 9.21. The summed E-state index contributed by atoms with van der Waals surface area (Å²) in [5.41, 5.74) is 3.50. The van der Waals surface area contributed by atoms with E-state index in [1.54, 1.807) is 23.1 Å². The smallest absolute Gasteiger partial charge is 0.261 e. The highest BCUT2D eigenvalue weighted by molar-refractivity contribution is 6.42. The number of benzene rings is 2. The summed E-state index contributed by atoms with van der Waals surface area (Å²) >= 11 is 12.2. The van der Waals surface area contributed by atoms with Gasteiger partial charge in [-0.15, -0.1) is 0 Å². The molecule has 1 N–H and O–H groups in total. The van der Waals surface area contributed by atoms with Crippen LogP contribution in [0.3, 0.4) is 0 Å². The van der Waals surface area contributed by atoms with Crippen molar-refractivity contribution in [3.05, 3.63) is 62.6 Å². The van der Waals surface area contributed by atoms with E-state index >= 15 is 0 Å². The maximum absolute atomic E-state index is 13.4. The van der Waals surface area contributed by atoms with Crippen LogP contribution in [0.4, 0.5) is 0 Å². The van der Waals surface area contributed by atoms with Crippen molar-refractivity contribution in [3.8, 4) is 5.75 Å². The fourth-order valence-electron chi connectivity index (χ4n) is 3.58. The van der Waals surface area contributed by atoms with Crippen LogP contribution in [0.25, 0.3) is 0 Å². The van der Waals surface area contributed by atoms with Gasteiger partial charge in [-0.3, -0.25) is 9.59 Å². The van der Waals surface area contributed by atoms with Crippen molar-refractivity contribution in [3.63, 3.8) is 0 Å². The van der Waals surface area contributed by atoms with Crippen LogP contribution in [0.2, 0.25) is 10.0 Å². The first kappa shape index (κ1) is 27.0. The van der Waals surface area contributed by atoms with E-state index in [0.29, 0.717) is 22.2 Å². The van der Waals surface area contributed by atoms with Crippen LogP contribution < -0.4 is 10.1 Å². The molecule has 2 aromatic rings. The summed E-state index contributed by atoms with van der Waals surface area (Å²) in [4.78, 5) is 28.0. The third kappa shape index (κ3) is 7.65. The van der Waals surface area contributed by atoms with Crippen molar-refractivity contribution in [1.82, 2.24) is 10.2 Å². The Morgan fingerprint density at radius 2 is 1.73 bits per heavy atom. The molecule has 0 saturated carbocycles. The van der Waals surface area contributed by atoms with Crippen molar-refractivity contribution in [2.45, 2.75) is 73.0 Å². The zero-order valence-electron chi connectivity index (χ0n) is 20.5. The lowest BCUT2D eigenvalue weighted by Crippen LogP contribution is -2.54. The lowest BCUT2D eigenvalue weighted by molar-refractivity contribution is -0.143. The minimum absolute atomic E-state index is 0.176. The zero-order valence-corrected chi connectivity index (χ0v) is 22.0. The number of aryl methyl sites for hydroxylation is 2. The maximum Gasteiger partial charge on any atom is 0.261 e. The van der Waals surface area contributed by atoms with Gasteiger partial charge in [0.1, 0.15) is 11.8 Å². The van der Waals surface area contributed by atoms with Gasteiger partial charge in [-0.05, 0) is 88.4 Å². The lowest BCUT2D eigenvalue weighted by atomic mass is 10.1. The standard InChI is InChI=1S/C26H34Cl2N2O3/c1-8-22(25(32)29-26(5,6)7)30(14-19-9-10-20(27)21(28)13-19)24(31)15-33-23-12-16(2)11-17(3)18(23)4/h9-13,22H,8,14-15H2,1-7H3,(H,29,32)/t22-/m0/s1. The number of carbonyl (C=O) groups excluding carboxylic acids is 2. The van der Waals surface area contributed by atoms with E-state index in [-0.39, 0.29) is 25.0 Å². The van der Waals surface area contributed by atoms with Gasteiger partial charge in [0.25, 0.3) is 5.91 Å². The second kappa shape index (κ2) is 11.3. The van der Waals surface area contributed by atoms with Crippen molar-refractivity contribution in [2.24, 2.45) is 0 Å². The molecular weight excluding hydrogens is 459 g/mol. The predicted octanol–water partition coefficient (Wildman–Crippen LogP) is 6.02. The molecule has 180 valence electrons. The van der Waals surface area contributed by atoms with E-state index in [9.17, 15) is 9.59 Å². The average Bonchev–Trinajstić information content (AvgIpc) is 2.70. The van der Waals surface area contributed by atoms with E-state index in [4.69, 9.17) is 27.9 Å². The Bertz CT molecular complexity index is 1020. The quantitative estimate of drug-likeness (QED) is 0.489. The first-order valence-corrected chi connectivity index (χ1v) is 11.8. The molecule has 0 heterocycles. The third-order valence-electron chi connectivity index (χ3n) is 5.34. The molecule has 0 aliphatic carbocycles. The molecule has 0 aromatic heterocycles. The van der Waals surface area contributed by atoms with E-state index in [1.807, 2.05) is 54.5 Å². The topological polar surface area (TPSA) is 58.6 Å². The molecule has 7 heteroatoms. The fourth-order valence-corrected chi connectivity index (χ4v) is 3.90. The Hall–Kier alpha value is -2.24. The molecule has 0 spiro atoms. The van der Waals surface area contributed by atoms with Crippen LogP contribution in [0.15, 0.2) is 30.3 Å². The molecule has 2 rings (SSSR count). The first-order valence-electron chi connectivity index (χ1n) is 11.1. The monoisotopic (exact) mass is 492 g/mol. The summed E-state index contributed by atoms with van der Waals surface area (Å²) in [5.74, 6) is 0.180. The van der Waals surface area contributed by atoms with Crippen molar-refractivity contribution < 1.29 is 14.3 Å². The number of rotatable bonds is 8. The van der Waals surface area contributed by atoms with Crippen LogP contribution in [0, 0.1) is 20.8 Å². The molecule has 0 aliphatic rings. The average molecular weight is 493 g/mol. The molecule has 0 radical (unpaired) electrons. The molecule has 1 atom stereocenters. The van der Waals surface area contributed by atoms with Crippen molar-refractivity contribution in [1.29, 1.82) is 0 Å². The van der Waals surface area contributed by atoms with Gasteiger partial charge < -0.3 is 15.0 Å². The van der Waals surface area contributed by atoms with Gasteiger partial charge in [0.15, 0.2) is 6.61 Å². The molecule has 2 amide bonds. The molecular formula is C26H34Cl2N2O3. The normalized spacial score (nSPS) is 12.3. The highest BCUT2D eigenvalue weighted by atomic mass is 35.5. The van der Waals surface area contributed by atoms with Crippen molar-refractivity contribution >= 4 is 35.0 Å². The Morgan fingerprint density at radius 1 is 1.06 bits per heavy atom. The molecule has 0 bridgehead atoms. The van der Waals surface area contributed by atoms with Crippen LogP contribution in [0.1, 0.15) is 56.4 Å². The summed E-state index contributed by atoms with van der Waals surface area (Å²) in [6.07, 6.45) is 0.456. The highest BCUT2D eigenvalue weighted by Crippen LogP contribution is 2.25. The molecule has 0 fully saturated rings. The molecule has 5 nitrogen and oxygen atoms in total. The molecule has 0 saturated heterocycles. The zero-order chi connectivity index (χ0) is 24.9. The second-order valence-corrected chi connectivity index (χ2v) is 10.2. The van der Waals surface area contributed by atoms with E-state index in [1.165, 1.54) is 0 Å². The Morgan fingerprint density at radius 3 is 2.30 bits per heavy atom. The van der Waals surface area contributed by atoms with Crippen LogP contribution in [0.5, 0.6) is 5.75 Å². The lowest BCUT2D eigenvalue weighted by Gasteiger charge is -2.33. The van der Waals surface area contributed by atoms with Gasteiger partial charge in [-0.1, -0.05) is 42.3 Å². The van der Waals surface area contributed by atoms with Gasteiger partial charge in [-0.25, -0.2) is 0 Å². The number of amides is 2. The van der Waals surface area contributed by atoms with E-state index in [0.717, 1.165) is 22.3 Å². The predicted molar refractivity (Wildman–Crippen MR) is 135 cm³/mol. The van der Waals surface area contributed by atoms with Crippen LogP contribution >= 0.6 is 23.2 Å². The number of halogens is 2. The van der Waals surface area contributed by atoms with Gasteiger partial charge in [0.2, 0.25) is 5.91 Å². The third-order valence-corrected chi connectivity index (χ3v) is 6.08. The molecule has 0 unspecified atom stereocenters. The first-order chi connectivity index (χ1) is 15.3. The molecule has 2 aromatic carbocycles. The Labute approximate surface area is 207 Å². The fraction of sp³-hybridized carbons (Fsp3) is 0.462. The summed E-state index contributed by atoms with van der Waals surface area (Å²) in [6.45, 7) is 13.6. The second-order valence-electron chi connectivity index (χ2n) is 9.43. The number of nitrogens with zero attached hydrogens (tertiary/aromatic N) is 1. The summed E-state index contributed by atoms with van der Waals surface area (Å²) in [6, 6.07) is 8.54. The largest absolute Gasteiger partial charge is 0.483 e. The van der Waals surface area contributed by atoms with Gasteiger partial charge in [0, 0.05) is 12.1 Å². The van der Waals surface area contributed by atoms with Gasteiger partial charge >= 0.3 is 0 Å². The van der Waals surface area contributed by atoms with Crippen LogP contribution in [-0.4, -0.2) is 34.9 Å². The van der Waals surface area contributed by atoms with Gasteiger partial charge in [0.05, 0.1) is 10.0 Å². The SMILES string of the molecule is CC[C@@H](C(=O)NC(C)(C)C)N(Cc1ccc(Cl)c(Cl)c1)C(=O)COc1cc(C)cc(C)c1C. The summed E-state index contributed by atoms with van der Waals surface area (Å²) < 4.78 is 5.93. The maximum atomic E-state index is 13.4. The summed E-state index contributed by atoms with van der Waals surface area (Å²) in [5, 5.41) is 3.82. The number of nitrogens with one attached hydrogen (secondary N) is 1. The summed E-state index contributed by atoms with van der Waals surface area (Å²) in [7, 11) is 0. The molecule has 33 heavy (non-hydrogen) atoms. The number of hydrogen-bond donors (Lipinski definition) is 1. The minimum Gasteiger partial charge on any atom is -0.483 e. The Balaban J connectivity index is 2.32. The van der Waals surface area contributed by atoms with Crippen LogP contribution in [-0.2, 0) is 16.1 Å². The van der Waals surface area contributed by atoms with Crippen molar-refractivity contribution in [2.75, 3.05) is 6.61 Å². The number of ether oxygens (including phenoxy) is 1. The highest BCUT2D eigenvalue weighted by Gasteiger charge is 2.31.